The Morgan fingerprint density at radius 2 is 1.88 bits per heavy atom. The second-order valence-electron chi connectivity index (χ2n) is 5.06. The summed E-state index contributed by atoms with van der Waals surface area (Å²) < 4.78 is 30.8. The van der Waals surface area contributed by atoms with Gasteiger partial charge in [0.1, 0.15) is 17.6 Å². The van der Waals surface area contributed by atoms with Gasteiger partial charge >= 0.3 is 0 Å². The Morgan fingerprint density at radius 3 is 2.54 bits per heavy atom. The number of H-pyrrole nitrogens is 1. The number of rotatable bonds is 4. The van der Waals surface area contributed by atoms with Crippen molar-refractivity contribution in [1.82, 2.24) is 19.9 Å². The number of ether oxygens (including phenoxy) is 1. The summed E-state index contributed by atoms with van der Waals surface area (Å²) in [6, 6.07) is 2.80. The molecule has 12 heteroatoms. The van der Waals surface area contributed by atoms with E-state index in [1.54, 1.807) is 0 Å². The molecule has 0 atom stereocenters. The minimum atomic E-state index is -3.67. The normalized spacial score (nSPS) is 10.9. The Balaban J connectivity index is 0.000000431. The molecule has 0 aliphatic heterocycles. The van der Waals surface area contributed by atoms with Crippen LogP contribution in [0.15, 0.2) is 24.8 Å². The summed E-state index contributed by atoms with van der Waals surface area (Å²) >= 11 is 0. The van der Waals surface area contributed by atoms with E-state index in [-0.39, 0.29) is 23.8 Å². The predicted molar refractivity (Wildman–Crippen MR) is 92.8 cm³/mol. The third-order valence-electron chi connectivity index (χ3n) is 3.05. The third kappa shape index (κ3) is 5.19. The van der Waals surface area contributed by atoms with Crippen LogP contribution in [0.5, 0.6) is 17.2 Å². The number of nitrogens with one attached hydrogen (secondary N) is 2. The summed E-state index contributed by atoms with van der Waals surface area (Å²) in [6.07, 6.45) is 3.64. The fourth-order valence-corrected chi connectivity index (χ4v) is 1.98. The van der Waals surface area contributed by atoms with Gasteiger partial charge in [-0.15, -0.1) is 0 Å². The van der Waals surface area contributed by atoms with Gasteiger partial charge in [-0.05, 0) is 6.07 Å². The molecule has 140 valence electrons. The molecular weight excluding hydrogens is 366 g/mol. The van der Waals surface area contributed by atoms with Crippen molar-refractivity contribution in [3.05, 3.63) is 30.4 Å². The van der Waals surface area contributed by atoms with E-state index >= 15 is 0 Å². The first-order valence-corrected chi connectivity index (χ1v) is 8.93. The molecule has 0 spiro atoms. The predicted octanol–water partition coefficient (Wildman–Crippen LogP) is 0.889. The number of anilines is 1. The van der Waals surface area contributed by atoms with Crippen LogP contribution in [0.25, 0.3) is 11.2 Å². The summed E-state index contributed by atoms with van der Waals surface area (Å²) in [7, 11) is -2.25. The highest BCUT2D eigenvalue weighted by Crippen LogP contribution is 2.33. The lowest BCUT2D eigenvalue weighted by molar-refractivity contribution is 0.367. The Morgan fingerprint density at radius 1 is 1.19 bits per heavy atom. The van der Waals surface area contributed by atoms with Gasteiger partial charge in [0.2, 0.25) is 0 Å². The van der Waals surface area contributed by atoms with E-state index in [0.29, 0.717) is 28.8 Å². The van der Waals surface area contributed by atoms with Gasteiger partial charge in [0.25, 0.3) is 10.1 Å². The van der Waals surface area contributed by atoms with Crippen LogP contribution in [0.4, 0.5) is 5.82 Å². The molecule has 3 rings (SSSR count). The lowest BCUT2D eigenvalue weighted by Crippen LogP contribution is -2.03. The molecule has 5 N–H and O–H groups in total. The molecule has 11 nitrogen and oxygen atoms in total. The largest absolute Gasteiger partial charge is 0.507 e. The van der Waals surface area contributed by atoms with E-state index in [4.69, 9.17) is 9.29 Å². The maximum Gasteiger partial charge on any atom is 0.261 e. The maximum absolute atomic E-state index is 9.91. The Hall–Kier alpha value is -3.12. The van der Waals surface area contributed by atoms with E-state index in [9.17, 15) is 18.6 Å². The molecule has 3 aromatic rings. The number of benzene rings is 1. The molecule has 0 aliphatic carbocycles. The number of aromatic amines is 1. The fraction of sp³-hybridized carbons (Fsp3) is 0.214. The molecule has 2 aromatic heterocycles. The molecule has 0 radical (unpaired) electrons. The van der Waals surface area contributed by atoms with Gasteiger partial charge in [0.05, 0.1) is 19.7 Å². The number of imidazole rings is 1. The van der Waals surface area contributed by atoms with E-state index in [0.717, 1.165) is 0 Å². The van der Waals surface area contributed by atoms with Crippen LogP contribution in [-0.4, -0.2) is 56.5 Å². The van der Waals surface area contributed by atoms with Gasteiger partial charge in [-0.3, -0.25) is 4.55 Å². The maximum atomic E-state index is 9.91. The van der Waals surface area contributed by atoms with Gasteiger partial charge in [-0.1, -0.05) is 0 Å². The van der Waals surface area contributed by atoms with E-state index in [2.05, 4.69) is 25.3 Å². The third-order valence-corrected chi connectivity index (χ3v) is 3.05. The Kier molecular flexibility index (Phi) is 5.79. The summed E-state index contributed by atoms with van der Waals surface area (Å²) in [6.45, 7) is 0.272. The number of methoxy groups -OCH3 is 1. The second-order valence-corrected chi connectivity index (χ2v) is 6.53. The average Bonchev–Trinajstić information content (AvgIpc) is 3.03. The monoisotopic (exact) mass is 383 g/mol. The standard InChI is InChI=1S/C13H13N5O3.CH4O3S/c1-21-10-3-8(19)7(2-9(10)20)4-14-12-11-13(16-5-15-11)18-6-17-12;1-5(2,3)4/h2-3,5-6,19-20H,4H2,1H3,(H2,14,15,16,17,18);1H3,(H,2,3,4). The molecule has 0 fully saturated rings. The van der Waals surface area contributed by atoms with Crippen molar-refractivity contribution >= 4 is 27.1 Å². The number of fused-ring (bicyclic) bond motifs is 1. The Bertz CT molecular complexity index is 996. The van der Waals surface area contributed by atoms with Crippen molar-refractivity contribution < 1.29 is 27.9 Å². The lowest BCUT2D eigenvalue weighted by Gasteiger charge is -2.10. The van der Waals surface area contributed by atoms with Crippen molar-refractivity contribution in [2.24, 2.45) is 0 Å². The van der Waals surface area contributed by atoms with Crippen molar-refractivity contribution in [3.8, 4) is 17.2 Å². The molecule has 0 unspecified atom stereocenters. The van der Waals surface area contributed by atoms with Crippen molar-refractivity contribution in [3.63, 3.8) is 0 Å². The molecular formula is C14H17N5O6S. The zero-order valence-electron chi connectivity index (χ0n) is 13.8. The summed E-state index contributed by atoms with van der Waals surface area (Å²) in [5, 5.41) is 22.7. The average molecular weight is 383 g/mol. The highest BCUT2D eigenvalue weighted by atomic mass is 32.2. The lowest BCUT2D eigenvalue weighted by atomic mass is 10.1. The number of phenols is 2. The molecule has 0 aliphatic rings. The molecule has 1 aromatic carbocycles. The highest BCUT2D eigenvalue weighted by molar-refractivity contribution is 7.85. The van der Waals surface area contributed by atoms with Gasteiger partial charge in [0, 0.05) is 18.2 Å². The molecule has 0 saturated carbocycles. The van der Waals surface area contributed by atoms with Gasteiger partial charge in [0.15, 0.2) is 23.0 Å². The van der Waals surface area contributed by atoms with Crippen LogP contribution < -0.4 is 10.1 Å². The van der Waals surface area contributed by atoms with E-state index in [1.807, 2.05) is 0 Å². The zero-order chi connectivity index (χ0) is 19.3. The summed E-state index contributed by atoms with van der Waals surface area (Å²) in [5.74, 6) is 0.759. The van der Waals surface area contributed by atoms with Crippen molar-refractivity contribution in [1.29, 1.82) is 0 Å². The summed E-state index contributed by atoms with van der Waals surface area (Å²) in [4.78, 5) is 15.1. The number of hydrogen-bond acceptors (Lipinski definition) is 9. The van der Waals surface area contributed by atoms with Crippen LogP contribution in [0, 0.1) is 0 Å². The second kappa shape index (κ2) is 7.84. The molecule has 26 heavy (non-hydrogen) atoms. The first-order chi connectivity index (χ1) is 12.2. The Labute approximate surface area is 148 Å². The number of aromatic hydroxyl groups is 2. The number of aromatic nitrogens is 4. The smallest absolute Gasteiger partial charge is 0.261 e. The number of phenolic OH excluding ortho intramolecular Hbond substituents is 2. The molecule has 0 saturated heterocycles. The van der Waals surface area contributed by atoms with Gasteiger partial charge in [-0.25, -0.2) is 15.0 Å². The topological polar surface area (TPSA) is 171 Å². The SMILES string of the molecule is COc1cc(O)c(CNc2ncnc3nc[nH]c23)cc1O.CS(=O)(=O)O. The number of hydrogen-bond donors (Lipinski definition) is 5. The minimum absolute atomic E-state index is 0.0204. The van der Waals surface area contributed by atoms with E-state index in [1.165, 1.54) is 31.9 Å². The first-order valence-electron chi connectivity index (χ1n) is 7.08. The van der Waals surface area contributed by atoms with Crippen LogP contribution in [0.3, 0.4) is 0 Å². The van der Waals surface area contributed by atoms with Crippen molar-refractivity contribution in [2.45, 2.75) is 6.54 Å². The fourth-order valence-electron chi connectivity index (χ4n) is 1.98. The number of nitrogens with zero attached hydrogens (tertiary/aromatic N) is 3. The van der Waals surface area contributed by atoms with Crippen LogP contribution in [0.1, 0.15) is 5.56 Å². The molecule has 0 bridgehead atoms. The van der Waals surface area contributed by atoms with Gasteiger partial charge in [-0.2, -0.15) is 8.42 Å². The van der Waals surface area contributed by atoms with E-state index < -0.39 is 10.1 Å². The summed E-state index contributed by atoms with van der Waals surface area (Å²) in [5.41, 5.74) is 1.74. The van der Waals surface area contributed by atoms with Crippen LogP contribution in [-0.2, 0) is 16.7 Å². The van der Waals surface area contributed by atoms with Gasteiger partial charge < -0.3 is 25.3 Å². The van der Waals surface area contributed by atoms with Crippen molar-refractivity contribution in [2.75, 3.05) is 18.7 Å². The minimum Gasteiger partial charge on any atom is -0.507 e. The molecule has 0 amide bonds. The first kappa shape index (κ1) is 19.2. The zero-order valence-corrected chi connectivity index (χ0v) is 14.6. The quantitative estimate of drug-likeness (QED) is 0.322. The highest BCUT2D eigenvalue weighted by Gasteiger charge is 2.10. The molecule has 2 heterocycles. The van der Waals surface area contributed by atoms with Crippen LogP contribution in [0.2, 0.25) is 0 Å². The van der Waals surface area contributed by atoms with Crippen LogP contribution >= 0.6 is 0 Å².